The van der Waals surface area contributed by atoms with E-state index in [1.807, 2.05) is 13.8 Å². The summed E-state index contributed by atoms with van der Waals surface area (Å²) in [6.45, 7) is 3.89. The molecule has 0 aliphatic rings. The van der Waals surface area contributed by atoms with Crippen LogP contribution in [-0.4, -0.2) is 27.4 Å². The van der Waals surface area contributed by atoms with Gasteiger partial charge in [-0.1, -0.05) is 0 Å². The molecule has 0 heterocycles. The van der Waals surface area contributed by atoms with Gasteiger partial charge in [0, 0.05) is 12.0 Å². The second-order valence-corrected chi connectivity index (χ2v) is 3.51. The third-order valence-corrected chi connectivity index (χ3v) is 2.26. The molecule has 2 nitrogen and oxygen atoms in total. The van der Waals surface area contributed by atoms with Gasteiger partial charge in [-0.15, -0.1) is 11.6 Å². The highest BCUT2D eigenvalue weighted by Crippen LogP contribution is 2.08. The van der Waals surface area contributed by atoms with Crippen molar-refractivity contribution in [2.24, 2.45) is 5.73 Å². The Morgan fingerprint density at radius 1 is 1.67 bits per heavy atom. The molecule has 0 bridgehead atoms. The maximum absolute atomic E-state index is 5.57. The van der Waals surface area contributed by atoms with E-state index >= 15 is 0 Å². The molecular formula is C5H12ClNOSi. The van der Waals surface area contributed by atoms with Crippen molar-refractivity contribution in [3.05, 3.63) is 0 Å². The monoisotopic (exact) mass is 165 g/mol. The van der Waals surface area contributed by atoms with E-state index in [0.717, 1.165) is 0 Å². The molecule has 0 unspecified atom stereocenters. The van der Waals surface area contributed by atoms with Crippen LogP contribution in [0.3, 0.4) is 0 Å². The molecule has 4 heteroatoms. The minimum absolute atomic E-state index is 0.209. The Morgan fingerprint density at radius 3 is 2.56 bits per heavy atom. The van der Waals surface area contributed by atoms with Gasteiger partial charge in [-0.3, -0.25) is 0 Å². The molecule has 2 radical (unpaired) electrons. The number of rotatable bonds is 4. The lowest BCUT2D eigenvalue weighted by molar-refractivity contribution is 0.142. The molecule has 0 aliphatic heterocycles. The first-order valence-corrected chi connectivity index (χ1v) is 4.44. The molecule has 0 atom stereocenters. The summed E-state index contributed by atoms with van der Waals surface area (Å²) in [5.41, 5.74) is 5.03. The van der Waals surface area contributed by atoms with Crippen LogP contribution in [0.1, 0.15) is 13.8 Å². The van der Waals surface area contributed by atoms with Crippen molar-refractivity contribution in [3.8, 4) is 0 Å². The molecule has 2 N–H and O–H groups in total. The third-order valence-electron chi connectivity index (χ3n) is 0.754. The first-order valence-electron chi connectivity index (χ1n) is 2.79. The van der Waals surface area contributed by atoms with E-state index in [0.29, 0.717) is 21.8 Å². The molecule has 9 heavy (non-hydrogen) atoms. The largest absolute Gasteiger partial charge is 0.410 e. The molecule has 0 aromatic rings. The molecule has 0 saturated carbocycles. The summed E-state index contributed by atoms with van der Waals surface area (Å²) in [6, 6.07) is 0. The van der Waals surface area contributed by atoms with Crippen LogP contribution in [0.15, 0.2) is 0 Å². The second-order valence-electron chi connectivity index (χ2n) is 2.34. The summed E-state index contributed by atoms with van der Waals surface area (Å²) >= 11 is 5.57. The van der Waals surface area contributed by atoms with Gasteiger partial charge in [0.15, 0.2) is 0 Å². The van der Waals surface area contributed by atoms with E-state index < -0.39 is 0 Å². The van der Waals surface area contributed by atoms with Crippen LogP contribution in [0.25, 0.3) is 0 Å². The molecule has 0 aromatic heterocycles. The van der Waals surface area contributed by atoms with Crippen molar-refractivity contribution >= 4 is 21.4 Å². The molecule has 0 spiro atoms. The van der Waals surface area contributed by atoms with Crippen LogP contribution < -0.4 is 5.73 Å². The van der Waals surface area contributed by atoms with E-state index in [1.165, 1.54) is 0 Å². The predicted octanol–water partition coefficient (Wildman–Crippen LogP) is 0.556. The van der Waals surface area contributed by atoms with Crippen molar-refractivity contribution in [2.45, 2.75) is 19.4 Å². The summed E-state index contributed by atoms with van der Waals surface area (Å²) in [5.74, 6) is 0.514. The number of hydrogen-bond acceptors (Lipinski definition) is 2. The number of alkyl halides is 1. The highest BCUT2D eigenvalue weighted by atomic mass is 35.5. The Balaban J connectivity index is 3.33. The van der Waals surface area contributed by atoms with Gasteiger partial charge in [0.2, 0.25) is 9.76 Å². The minimum Gasteiger partial charge on any atom is -0.410 e. The summed E-state index contributed by atoms with van der Waals surface area (Å²) in [6.07, 6.45) is 0.584. The molecular weight excluding hydrogens is 154 g/mol. The fourth-order valence-corrected chi connectivity index (χ4v) is 0.957. The maximum Gasteiger partial charge on any atom is 0.245 e. The third kappa shape index (κ3) is 4.90. The maximum atomic E-state index is 5.57. The zero-order valence-electron chi connectivity index (χ0n) is 5.78. The van der Waals surface area contributed by atoms with Crippen LogP contribution in [0.2, 0.25) is 0 Å². The predicted molar refractivity (Wildman–Crippen MR) is 40.7 cm³/mol. The minimum atomic E-state index is -0.209. The van der Waals surface area contributed by atoms with Crippen molar-refractivity contribution in [1.29, 1.82) is 0 Å². The molecule has 0 aromatic carbocycles. The average Bonchev–Trinajstić information content (AvgIpc) is 1.84. The van der Waals surface area contributed by atoms with E-state index in [1.54, 1.807) is 0 Å². The van der Waals surface area contributed by atoms with Crippen LogP contribution in [0, 0.1) is 0 Å². The van der Waals surface area contributed by atoms with Crippen molar-refractivity contribution < 1.29 is 4.43 Å². The number of halogens is 1. The van der Waals surface area contributed by atoms with Gasteiger partial charge in [-0.25, -0.2) is 0 Å². The Morgan fingerprint density at radius 2 is 2.22 bits per heavy atom. The van der Waals surface area contributed by atoms with E-state index in [-0.39, 0.29) is 5.60 Å². The number of nitrogens with two attached hydrogens (primary N) is 1. The van der Waals surface area contributed by atoms with Gasteiger partial charge in [-0.05, 0) is 13.8 Å². The zero-order chi connectivity index (χ0) is 7.33. The van der Waals surface area contributed by atoms with Crippen LogP contribution in [-0.2, 0) is 4.43 Å². The molecule has 0 amide bonds. The van der Waals surface area contributed by atoms with Gasteiger partial charge in [0.05, 0.1) is 5.60 Å². The van der Waals surface area contributed by atoms with Crippen LogP contribution in [0.5, 0.6) is 0 Å². The Labute approximate surface area is 63.7 Å². The van der Waals surface area contributed by atoms with Crippen molar-refractivity contribution in [1.82, 2.24) is 0 Å². The molecule has 0 fully saturated rings. The first kappa shape index (κ1) is 9.43. The van der Waals surface area contributed by atoms with Gasteiger partial charge < -0.3 is 10.2 Å². The summed E-state index contributed by atoms with van der Waals surface area (Å²) < 4.78 is 5.30. The van der Waals surface area contributed by atoms with Crippen LogP contribution >= 0.6 is 11.6 Å². The Hall–Kier alpha value is 0.427. The lowest BCUT2D eigenvalue weighted by Crippen LogP contribution is -2.31. The quantitative estimate of drug-likeness (QED) is 0.488. The Kier molecular flexibility index (Phi) is 4.48. The highest BCUT2D eigenvalue weighted by molar-refractivity contribution is 6.27. The normalized spacial score (nSPS) is 12.0. The van der Waals surface area contributed by atoms with Crippen molar-refractivity contribution in [3.63, 3.8) is 0 Å². The smallest absolute Gasteiger partial charge is 0.245 e. The summed E-state index contributed by atoms with van der Waals surface area (Å²) in [5, 5.41) is 0. The highest BCUT2D eigenvalue weighted by Gasteiger charge is 2.15. The second kappa shape index (κ2) is 4.28. The first-order chi connectivity index (χ1) is 4.12. The zero-order valence-corrected chi connectivity index (χ0v) is 7.53. The fraction of sp³-hybridized carbons (Fsp3) is 1.00. The average molecular weight is 166 g/mol. The lowest BCUT2D eigenvalue weighted by Gasteiger charge is -2.21. The lowest BCUT2D eigenvalue weighted by atomic mass is 10.2. The van der Waals surface area contributed by atoms with Crippen molar-refractivity contribution in [2.75, 3.05) is 12.0 Å². The number of hydrogen-bond donors (Lipinski definition) is 1. The molecule has 0 saturated heterocycles. The molecule has 0 aliphatic carbocycles. The standard InChI is InChI=1S/C5H12ClNOSi/c1-5(2,3-6)8-9-4-7/h3-4,7H2,1-2H3. The fourth-order valence-electron chi connectivity index (χ4n) is 0.264. The van der Waals surface area contributed by atoms with Crippen LogP contribution in [0.4, 0.5) is 0 Å². The summed E-state index contributed by atoms with van der Waals surface area (Å²) in [7, 11) is 0.366. The summed E-state index contributed by atoms with van der Waals surface area (Å²) in [4.78, 5) is 0. The molecule has 0 rings (SSSR count). The van der Waals surface area contributed by atoms with Gasteiger partial charge in [0.25, 0.3) is 0 Å². The topological polar surface area (TPSA) is 35.2 Å². The van der Waals surface area contributed by atoms with E-state index in [9.17, 15) is 0 Å². The molecule has 54 valence electrons. The van der Waals surface area contributed by atoms with E-state index in [4.69, 9.17) is 21.8 Å². The van der Waals surface area contributed by atoms with Gasteiger partial charge >= 0.3 is 0 Å². The van der Waals surface area contributed by atoms with Gasteiger partial charge in [0.1, 0.15) is 0 Å². The Bertz CT molecular complexity index is 79.4. The SMILES string of the molecule is CC(C)(CCl)O[Si]CN. The van der Waals surface area contributed by atoms with E-state index in [2.05, 4.69) is 0 Å². The van der Waals surface area contributed by atoms with Gasteiger partial charge in [-0.2, -0.15) is 0 Å².